The summed E-state index contributed by atoms with van der Waals surface area (Å²) in [7, 11) is 0. The number of halogens is 1. The molecule has 0 spiro atoms. The molecule has 1 rings (SSSR count). The zero-order valence-corrected chi connectivity index (χ0v) is 10.2. The Kier molecular flexibility index (Phi) is 4.92. The van der Waals surface area contributed by atoms with Crippen molar-refractivity contribution in [3.63, 3.8) is 0 Å². The van der Waals surface area contributed by atoms with Crippen molar-refractivity contribution in [2.45, 2.75) is 26.8 Å². The average Bonchev–Trinajstić information content (AvgIpc) is 2.23. The lowest BCUT2D eigenvalue weighted by Crippen LogP contribution is -2.23. The molecule has 0 aliphatic heterocycles. The molecule has 0 aromatic heterocycles. The summed E-state index contributed by atoms with van der Waals surface area (Å²) in [6.07, 6.45) is 1.18. The lowest BCUT2D eigenvalue weighted by molar-refractivity contribution is 0.280. The maximum absolute atomic E-state index is 5.87. The van der Waals surface area contributed by atoms with Crippen LogP contribution in [-0.4, -0.2) is 18.0 Å². The van der Waals surface area contributed by atoms with Crippen molar-refractivity contribution in [2.75, 3.05) is 18.8 Å². The van der Waals surface area contributed by atoms with Crippen LogP contribution in [0.2, 0.25) is 5.02 Å². The third-order valence-corrected chi connectivity index (χ3v) is 2.80. The molecule has 1 aromatic rings. The van der Waals surface area contributed by atoms with Crippen LogP contribution in [0.25, 0.3) is 0 Å². The van der Waals surface area contributed by atoms with Crippen molar-refractivity contribution in [3.8, 4) is 0 Å². The molecule has 0 saturated carbocycles. The first-order chi connectivity index (χ1) is 7.17. The van der Waals surface area contributed by atoms with Crippen molar-refractivity contribution in [1.29, 1.82) is 0 Å². The first-order valence-corrected chi connectivity index (χ1v) is 5.81. The summed E-state index contributed by atoms with van der Waals surface area (Å²) in [5, 5.41) is 0.636. The molecular formula is C12H19ClN2. The highest BCUT2D eigenvalue weighted by Crippen LogP contribution is 2.20. The predicted octanol–water partition coefficient (Wildman–Crippen LogP) is 3.15. The Hall–Kier alpha value is -0.730. The average molecular weight is 227 g/mol. The normalized spacial score (nSPS) is 10.9. The van der Waals surface area contributed by atoms with Crippen molar-refractivity contribution >= 4 is 17.3 Å². The molecule has 0 saturated heterocycles. The molecule has 84 valence electrons. The Morgan fingerprint density at radius 1 is 1.33 bits per heavy atom. The van der Waals surface area contributed by atoms with Gasteiger partial charge in [-0.1, -0.05) is 31.5 Å². The van der Waals surface area contributed by atoms with E-state index in [0.717, 1.165) is 19.6 Å². The van der Waals surface area contributed by atoms with E-state index < -0.39 is 0 Å². The topological polar surface area (TPSA) is 29.3 Å². The summed E-state index contributed by atoms with van der Waals surface area (Å²) >= 11 is 5.87. The van der Waals surface area contributed by atoms with Gasteiger partial charge in [0.2, 0.25) is 0 Å². The number of rotatable bonds is 5. The van der Waals surface area contributed by atoms with Crippen LogP contribution >= 0.6 is 11.6 Å². The molecule has 0 radical (unpaired) electrons. The maximum atomic E-state index is 5.87. The van der Waals surface area contributed by atoms with E-state index in [1.807, 2.05) is 18.2 Å². The highest BCUT2D eigenvalue weighted by Gasteiger charge is 2.03. The summed E-state index contributed by atoms with van der Waals surface area (Å²) in [6, 6.07) is 5.86. The number of nitrogen functional groups attached to an aromatic ring is 1. The number of hydrogen-bond acceptors (Lipinski definition) is 2. The van der Waals surface area contributed by atoms with Gasteiger partial charge in [0.25, 0.3) is 0 Å². The van der Waals surface area contributed by atoms with Crippen molar-refractivity contribution in [3.05, 3.63) is 28.8 Å². The second kappa shape index (κ2) is 5.99. The summed E-state index contributed by atoms with van der Waals surface area (Å²) in [5.74, 6) is 0. The Bertz CT molecular complexity index is 312. The number of benzene rings is 1. The molecule has 0 atom stereocenters. The van der Waals surface area contributed by atoms with Crippen molar-refractivity contribution < 1.29 is 0 Å². The molecule has 0 bridgehead atoms. The molecule has 1 aromatic carbocycles. The molecule has 0 fully saturated rings. The SMILES string of the molecule is CCCN(CC)Cc1ccc(Cl)c(N)c1. The fourth-order valence-electron chi connectivity index (χ4n) is 1.61. The molecule has 0 unspecified atom stereocenters. The molecule has 0 aliphatic carbocycles. The highest BCUT2D eigenvalue weighted by molar-refractivity contribution is 6.33. The Morgan fingerprint density at radius 2 is 2.07 bits per heavy atom. The molecule has 2 N–H and O–H groups in total. The van der Waals surface area contributed by atoms with Crippen LogP contribution in [0, 0.1) is 0 Å². The van der Waals surface area contributed by atoms with Crippen LogP contribution in [-0.2, 0) is 6.54 Å². The van der Waals surface area contributed by atoms with E-state index in [0.29, 0.717) is 10.7 Å². The van der Waals surface area contributed by atoms with Gasteiger partial charge in [0.1, 0.15) is 0 Å². The van der Waals surface area contributed by atoms with Crippen LogP contribution in [0.1, 0.15) is 25.8 Å². The van der Waals surface area contributed by atoms with E-state index in [4.69, 9.17) is 17.3 Å². The van der Waals surface area contributed by atoms with Gasteiger partial charge in [-0.05, 0) is 37.2 Å². The van der Waals surface area contributed by atoms with E-state index >= 15 is 0 Å². The lowest BCUT2D eigenvalue weighted by Gasteiger charge is -2.19. The van der Waals surface area contributed by atoms with Crippen molar-refractivity contribution in [2.24, 2.45) is 0 Å². The summed E-state index contributed by atoms with van der Waals surface area (Å²) in [4.78, 5) is 2.39. The number of hydrogen-bond donors (Lipinski definition) is 1. The smallest absolute Gasteiger partial charge is 0.0635 e. The van der Waals surface area contributed by atoms with Crippen LogP contribution in [0.3, 0.4) is 0 Å². The summed E-state index contributed by atoms with van der Waals surface area (Å²) in [5.41, 5.74) is 7.66. The Morgan fingerprint density at radius 3 is 2.60 bits per heavy atom. The minimum atomic E-state index is 0.636. The van der Waals surface area contributed by atoms with Crippen molar-refractivity contribution in [1.82, 2.24) is 4.90 Å². The van der Waals surface area contributed by atoms with Gasteiger partial charge in [0, 0.05) is 6.54 Å². The minimum absolute atomic E-state index is 0.636. The van der Waals surface area contributed by atoms with Crippen LogP contribution in [0.4, 0.5) is 5.69 Å². The molecule has 15 heavy (non-hydrogen) atoms. The van der Waals surface area contributed by atoms with Gasteiger partial charge in [-0.2, -0.15) is 0 Å². The number of nitrogens with two attached hydrogens (primary N) is 1. The fraction of sp³-hybridized carbons (Fsp3) is 0.500. The first kappa shape index (κ1) is 12.3. The number of anilines is 1. The van der Waals surface area contributed by atoms with Crippen LogP contribution in [0.5, 0.6) is 0 Å². The van der Waals surface area contributed by atoms with Gasteiger partial charge < -0.3 is 5.73 Å². The predicted molar refractivity (Wildman–Crippen MR) is 67.1 cm³/mol. The molecule has 3 heteroatoms. The zero-order chi connectivity index (χ0) is 11.3. The monoisotopic (exact) mass is 226 g/mol. The van der Waals surface area contributed by atoms with Gasteiger partial charge >= 0.3 is 0 Å². The van der Waals surface area contributed by atoms with E-state index in [1.165, 1.54) is 12.0 Å². The van der Waals surface area contributed by atoms with Gasteiger partial charge in [0.05, 0.1) is 10.7 Å². The quantitative estimate of drug-likeness (QED) is 0.782. The second-order valence-electron chi connectivity index (χ2n) is 3.72. The maximum Gasteiger partial charge on any atom is 0.0635 e. The minimum Gasteiger partial charge on any atom is -0.398 e. The van der Waals surface area contributed by atoms with E-state index in [9.17, 15) is 0 Å². The Balaban J connectivity index is 2.66. The highest BCUT2D eigenvalue weighted by atomic mass is 35.5. The summed E-state index contributed by atoms with van der Waals surface area (Å²) < 4.78 is 0. The molecule has 0 amide bonds. The molecule has 0 aliphatic rings. The lowest BCUT2D eigenvalue weighted by atomic mass is 10.2. The van der Waals surface area contributed by atoms with Gasteiger partial charge in [0.15, 0.2) is 0 Å². The van der Waals surface area contributed by atoms with Crippen LogP contribution in [0.15, 0.2) is 18.2 Å². The van der Waals surface area contributed by atoms with Gasteiger partial charge in [-0.25, -0.2) is 0 Å². The first-order valence-electron chi connectivity index (χ1n) is 5.43. The molecule has 0 heterocycles. The van der Waals surface area contributed by atoms with Crippen LogP contribution < -0.4 is 5.73 Å². The zero-order valence-electron chi connectivity index (χ0n) is 9.46. The standard InChI is InChI=1S/C12H19ClN2/c1-3-7-15(4-2)9-10-5-6-11(13)12(14)8-10/h5-6,8H,3-4,7,9,14H2,1-2H3. The van der Waals surface area contributed by atoms with E-state index in [1.54, 1.807) is 0 Å². The third kappa shape index (κ3) is 3.73. The molecular weight excluding hydrogens is 208 g/mol. The molecule has 2 nitrogen and oxygen atoms in total. The fourth-order valence-corrected chi connectivity index (χ4v) is 1.73. The van der Waals surface area contributed by atoms with Gasteiger partial charge in [-0.3, -0.25) is 4.90 Å². The Labute approximate surface area is 97.0 Å². The van der Waals surface area contributed by atoms with Gasteiger partial charge in [-0.15, -0.1) is 0 Å². The second-order valence-corrected chi connectivity index (χ2v) is 4.13. The largest absolute Gasteiger partial charge is 0.398 e. The van der Waals surface area contributed by atoms with E-state index in [-0.39, 0.29) is 0 Å². The number of nitrogens with zero attached hydrogens (tertiary/aromatic N) is 1. The van der Waals surface area contributed by atoms with E-state index in [2.05, 4.69) is 18.7 Å². The summed E-state index contributed by atoms with van der Waals surface area (Å²) in [6.45, 7) is 7.51. The third-order valence-electron chi connectivity index (χ3n) is 2.45.